The van der Waals surface area contributed by atoms with E-state index in [0.29, 0.717) is 17.7 Å². The van der Waals surface area contributed by atoms with Gasteiger partial charge in [-0.2, -0.15) is 13.2 Å². The number of nitro benzene ring substituents is 1. The number of phenols is 1. The molecule has 2 N–H and O–H groups in total. The molecular formula is C15H12F3N3O4. The van der Waals surface area contributed by atoms with Crippen molar-refractivity contribution in [2.45, 2.75) is 19.7 Å². The lowest BCUT2D eigenvalue weighted by Crippen LogP contribution is -2.05. The molecule has 0 heterocycles. The highest BCUT2D eigenvalue weighted by atomic mass is 19.4. The maximum atomic E-state index is 12.7. The zero-order valence-electron chi connectivity index (χ0n) is 12.8. The van der Waals surface area contributed by atoms with E-state index in [1.165, 1.54) is 12.1 Å². The van der Waals surface area contributed by atoms with Crippen LogP contribution in [-0.2, 0) is 12.8 Å². The van der Waals surface area contributed by atoms with Gasteiger partial charge in [-0.15, -0.1) is 10.2 Å². The van der Waals surface area contributed by atoms with Crippen LogP contribution in [0.3, 0.4) is 0 Å². The minimum atomic E-state index is -4.73. The Balaban J connectivity index is 2.49. The van der Waals surface area contributed by atoms with Crippen LogP contribution in [0.2, 0.25) is 0 Å². The lowest BCUT2D eigenvalue weighted by Gasteiger charge is -2.07. The van der Waals surface area contributed by atoms with Crippen LogP contribution in [0.15, 0.2) is 40.6 Å². The summed E-state index contributed by atoms with van der Waals surface area (Å²) in [7, 11) is 0. The summed E-state index contributed by atoms with van der Waals surface area (Å²) >= 11 is 0. The number of aryl methyl sites for hydroxylation is 1. The molecule has 0 unspecified atom stereocenters. The van der Waals surface area contributed by atoms with Crippen molar-refractivity contribution in [2.24, 2.45) is 10.2 Å². The Morgan fingerprint density at radius 1 is 1.16 bits per heavy atom. The van der Waals surface area contributed by atoms with Gasteiger partial charge in [-0.1, -0.05) is 0 Å². The molecule has 0 aliphatic rings. The molecule has 0 aromatic heterocycles. The number of alkyl halides is 3. The summed E-state index contributed by atoms with van der Waals surface area (Å²) in [6.45, 7) is 1.20. The zero-order valence-corrected chi connectivity index (χ0v) is 12.8. The minimum Gasteiger partial charge on any atom is -0.505 e. The van der Waals surface area contributed by atoms with Gasteiger partial charge < -0.3 is 10.2 Å². The molecular weight excluding hydrogens is 343 g/mol. The first-order valence-corrected chi connectivity index (χ1v) is 6.84. The average Bonchev–Trinajstić information content (AvgIpc) is 2.54. The lowest BCUT2D eigenvalue weighted by molar-refractivity contribution is -0.384. The lowest BCUT2D eigenvalue weighted by atomic mass is 10.1. The summed E-state index contributed by atoms with van der Waals surface area (Å²) in [6, 6.07) is 4.76. The number of aromatic hydroxyl groups is 1. The Morgan fingerprint density at radius 3 is 2.36 bits per heavy atom. The average molecular weight is 355 g/mol. The van der Waals surface area contributed by atoms with Crippen LogP contribution in [-0.4, -0.2) is 15.1 Å². The van der Waals surface area contributed by atoms with Crippen molar-refractivity contribution in [3.63, 3.8) is 0 Å². The van der Waals surface area contributed by atoms with Gasteiger partial charge in [0.1, 0.15) is 11.4 Å². The largest absolute Gasteiger partial charge is 0.505 e. The molecule has 0 atom stereocenters. The van der Waals surface area contributed by atoms with E-state index in [2.05, 4.69) is 10.2 Å². The molecule has 0 radical (unpaired) electrons. The van der Waals surface area contributed by atoms with Crippen LogP contribution < -0.4 is 0 Å². The Labute approximate surface area is 139 Å². The molecule has 0 saturated carbocycles. The second kappa shape index (κ2) is 6.85. The number of azo groups is 1. The number of aliphatic hydroxyl groups excluding tert-OH is 1. The second-order valence-corrected chi connectivity index (χ2v) is 5.11. The van der Waals surface area contributed by atoms with Gasteiger partial charge in [0, 0.05) is 11.6 Å². The maximum Gasteiger partial charge on any atom is 0.416 e. The normalized spacial score (nSPS) is 11.9. The van der Waals surface area contributed by atoms with Crippen LogP contribution in [0.4, 0.5) is 30.2 Å². The van der Waals surface area contributed by atoms with Gasteiger partial charge in [-0.05, 0) is 36.8 Å². The summed E-state index contributed by atoms with van der Waals surface area (Å²) < 4.78 is 38.0. The number of nitrogens with zero attached hydrogens (tertiary/aromatic N) is 3. The third kappa shape index (κ3) is 4.10. The predicted octanol–water partition coefficient (Wildman–Crippen LogP) is 4.54. The van der Waals surface area contributed by atoms with Gasteiger partial charge in [0.05, 0.1) is 17.1 Å². The van der Waals surface area contributed by atoms with E-state index in [4.69, 9.17) is 5.11 Å². The summed E-state index contributed by atoms with van der Waals surface area (Å²) in [5.74, 6) is -0.369. The van der Waals surface area contributed by atoms with Crippen LogP contribution >= 0.6 is 0 Å². The van der Waals surface area contributed by atoms with Crippen LogP contribution in [0.5, 0.6) is 5.75 Å². The Morgan fingerprint density at radius 2 is 1.80 bits per heavy atom. The molecule has 0 spiro atoms. The Bertz CT molecular complexity index is 851. The minimum absolute atomic E-state index is 0.0711. The standard InChI is InChI=1S/C15H12F3N3O4/c1-8-4-9(7-22)14(23)12(5-8)20-19-11-3-2-10(15(16,17)18)6-13(11)21(24)25/h2-6,22-23H,7H2,1H3/b20-19+. The fourth-order valence-corrected chi connectivity index (χ4v) is 2.07. The fraction of sp³-hybridized carbons (Fsp3) is 0.200. The number of hydrogen-bond donors (Lipinski definition) is 2. The van der Waals surface area contributed by atoms with Crippen LogP contribution in [0.1, 0.15) is 16.7 Å². The Hall–Kier alpha value is -3.01. The van der Waals surface area contributed by atoms with Gasteiger partial charge in [0.2, 0.25) is 0 Å². The summed E-state index contributed by atoms with van der Waals surface area (Å²) in [6.07, 6.45) is -4.73. The zero-order chi connectivity index (χ0) is 18.8. The quantitative estimate of drug-likeness (QED) is 0.477. The summed E-state index contributed by atoms with van der Waals surface area (Å²) in [5.41, 5.74) is -1.71. The topological polar surface area (TPSA) is 108 Å². The molecule has 0 bridgehead atoms. The van der Waals surface area contributed by atoms with Gasteiger partial charge >= 0.3 is 6.18 Å². The third-order valence-corrected chi connectivity index (χ3v) is 3.25. The molecule has 0 fully saturated rings. The molecule has 2 aromatic rings. The molecule has 2 rings (SSSR count). The first kappa shape index (κ1) is 18.3. The van der Waals surface area contributed by atoms with Gasteiger partial charge in [0.25, 0.3) is 5.69 Å². The van der Waals surface area contributed by atoms with E-state index < -0.39 is 34.6 Å². The number of aliphatic hydroxyl groups is 1. The van der Waals surface area contributed by atoms with Gasteiger partial charge in [-0.25, -0.2) is 0 Å². The number of rotatable bonds is 4. The van der Waals surface area contributed by atoms with Gasteiger partial charge in [0.15, 0.2) is 5.69 Å². The predicted molar refractivity (Wildman–Crippen MR) is 81.0 cm³/mol. The summed E-state index contributed by atoms with van der Waals surface area (Å²) in [5, 5.41) is 37.3. The monoisotopic (exact) mass is 355 g/mol. The smallest absolute Gasteiger partial charge is 0.416 e. The van der Waals surface area contributed by atoms with E-state index >= 15 is 0 Å². The fourth-order valence-electron chi connectivity index (χ4n) is 2.07. The van der Waals surface area contributed by atoms with Crippen LogP contribution in [0.25, 0.3) is 0 Å². The highest BCUT2D eigenvalue weighted by molar-refractivity contribution is 5.61. The number of hydrogen-bond acceptors (Lipinski definition) is 6. The van der Waals surface area contributed by atoms with Crippen molar-refractivity contribution < 1.29 is 28.3 Å². The van der Waals surface area contributed by atoms with Crippen LogP contribution in [0, 0.1) is 17.0 Å². The van der Waals surface area contributed by atoms with E-state index in [9.17, 15) is 28.4 Å². The highest BCUT2D eigenvalue weighted by Gasteiger charge is 2.33. The third-order valence-electron chi connectivity index (χ3n) is 3.25. The van der Waals surface area contributed by atoms with Crippen molar-refractivity contribution in [3.05, 3.63) is 57.1 Å². The van der Waals surface area contributed by atoms with E-state index in [0.717, 1.165) is 6.07 Å². The first-order valence-electron chi connectivity index (χ1n) is 6.84. The van der Waals surface area contributed by atoms with Crippen molar-refractivity contribution in [1.29, 1.82) is 0 Å². The molecule has 0 saturated heterocycles. The Kier molecular flexibility index (Phi) is 5.02. The molecule has 2 aromatic carbocycles. The molecule has 0 aliphatic heterocycles. The maximum absolute atomic E-state index is 12.7. The van der Waals surface area contributed by atoms with Crippen molar-refractivity contribution in [2.75, 3.05) is 0 Å². The number of nitro groups is 1. The van der Waals surface area contributed by atoms with Crippen molar-refractivity contribution in [1.82, 2.24) is 0 Å². The van der Waals surface area contributed by atoms with E-state index in [1.807, 2.05) is 0 Å². The van der Waals surface area contributed by atoms with E-state index in [1.54, 1.807) is 6.92 Å². The molecule has 7 nitrogen and oxygen atoms in total. The molecule has 0 aliphatic carbocycles. The number of halogens is 3. The number of benzene rings is 2. The second-order valence-electron chi connectivity index (χ2n) is 5.11. The first-order chi connectivity index (χ1) is 11.6. The van der Waals surface area contributed by atoms with Crippen molar-refractivity contribution >= 4 is 17.1 Å². The van der Waals surface area contributed by atoms with Gasteiger partial charge in [-0.3, -0.25) is 10.1 Å². The van der Waals surface area contributed by atoms with Crippen molar-refractivity contribution in [3.8, 4) is 5.75 Å². The molecule has 10 heteroatoms. The molecule has 25 heavy (non-hydrogen) atoms. The molecule has 132 valence electrons. The van der Waals surface area contributed by atoms with E-state index in [-0.39, 0.29) is 17.0 Å². The SMILES string of the molecule is Cc1cc(CO)c(O)c(/N=N/c2ccc(C(F)(F)F)cc2[N+](=O)[O-])c1. The highest BCUT2D eigenvalue weighted by Crippen LogP contribution is 2.38. The molecule has 0 amide bonds. The summed E-state index contributed by atoms with van der Waals surface area (Å²) in [4.78, 5) is 9.99.